The van der Waals surface area contributed by atoms with Crippen molar-refractivity contribution in [2.24, 2.45) is 0 Å². The zero-order valence-corrected chi connectivity index (χ0v) is 29.6. The SMILES string of the molecule is Cc1cc2c(cc1C(C)(C)C)-c1cc(C(C)(C)C)c(C)[c](/[Zr+2](=[CH]\c3cccc(C(F)(F)F)c3)[C]3=CC=CC3)c1C2.[Cl-].[Cl-]. The van der Waals surface area contributed by atoms with Gasteiger partial charge in [-0.3, -0.25) is 0 Å². The first-order valence-electron chi connectivity index (χ1n) is 14.1. The molecule has 0 bridgehead atoms. The largest absolute Gasteiger partial charge is 1.00 e. The average molecular weight is 691 g/mol. The Labute approximate surface area is 269 Å². The molecule has 0 aromatic heterocycles. The van der Waals surface area contributed by atoms with Crippen LogP contribution in [0, 0.1) is 13.8 Å². The molecule has 3 aromatic carbocycles. The van der Waals surface area contributed by atoms with Crippen molar-refractivity contribution in [3.05, 3.63) is 108 Å². The van der Waals surface area contributed by atoms with Gasteiger partial charge in [0.2, 0.25) is 0 Å². The van der Waals surface area contributed by atoms with Crippen LogP contribution in [0.2, 0.25) is 0 Å². The van der Waals surface area contributed by atoms with E-state index in [1.165, 1.54) is 63.2 Å². The molecule has 0 saturated heterocycles. The van der Waals surface area contributed by atoms with Crippen LogP contribution in [-0.4, -0.2) is 3.71 Å². The van der Waals surface area contributed by atoms with E-state index in [-0.39, 0.29) is 35.6 Å². The van der Waals surface area contributed by atoms with Gasteiger partial charge in [-0.15, -0.1) is 0 Å². The fourth-order valence-corrected chi connectivity index (χ4v) is 13.6. The Morgan fingerprint density at radius 2 is 1.45 bits per heavy atom. The third kappa shape index (κ3) is 6.67. The van der Waals surface area contributed by atoms with Gasteiger partial charge in [-0.2, -0.15) is 0 Å². The molecule has 0 amide bonds. The van der Waals surface area contributed by atoms with Crippen molar-refractivity contribution in [2.45, 2.75) is 85.2 Å². The molecule has 5 rings (SSSR count). The summed E-state index contributed by atoms with van der Waals surface area (Å²) in [5.41, 5.74) is 10.9. The second-order valence-electron chi connectivity index (χ2n) is 13.5. The molecule has 2 aliphatic carbocycles. The summed E-state index contributed by atoms with van der Waals surface area (Å²) in [7, 11) is 0. The molecule has 0 fully saturated rings. The minimum Gasteiger partial charge on any atom is -1.00 e. The molecule has 3 aromatic rings. The number of allylic oxidation sites excluding steroid dienone is 4. The van der Waals surface area contributed by atoms with Crippen LogP contribution in [0.15, 0.2) is 64.0 Å². The maximum absolute atomic E-state index is 13.6. The van der Waals surface area contributed by atoms with Crippen LogP contribution in [0.5, 0.6) is 0 Å². The van der Waals surface area contributed by atoms with E-state index in [0.29, 0.717) is 5.56 Å². The summed E-state index contributed by atoms with van der Waals surface area (Å²) in [4.78, 5) is 0. The number of hydrogen-bond acceptors (Lipinski definition) is 0. The van der Waals surface area contributed by atoms with E-state index in [0.717, 1.165) is 12.8 Å². The third-order valence-corrected chi connectivity index (χ3v) is 15.5. The summed E-state index contributed by atoms with van der Waals surface area (Å²) in [6, 6.07) is 13.1. The molecule has 0 saturated carbocycles. The average Bonchev–Trinajstić information content (AvgIpc) is 3.48. The minimum absolute atomic E-state index is 0. The van der Waals surface area contributed by atoms with E-state index < -0.39 is 33.0 Å². The van der Waals surface area contributed by atoms with Gasteiger partial charge in [0.25, 0.3) is 0 Å². The predicted molar refractivity (Wildman–Crippen MR) is 160 cm³/mol. The maximum Gasteiger partial charge on any atom is -1.00 e. The van der Waals surface area contributed by atoms with Crippen LogP contribution in [0.25, 0.3) is 11.1 Å². The Hall–Kier alpha value is -1.74. The van der Waals surface area contributed by atoms with E-state index >= 15 is 0 Å². The van der Waals surface area contributed by atoms with E-state index in [9.17, 15) is 13.2 Å². The minimum atomic E-state index is -4.35. The van der Waals surface area contributed by atoms with Crippen molar-refractivity contribution >= 4 is 6.98 Å². The van der Waals surface area contributed by atoms with E-state index in [4.69, 9.17) is 0 Å². The molecular formula is C36H39Cl2F3Zr. The molecule has 2 aliphatic rings. The van der Waals surface area contributed by atoms with Crippen LogP contribution in [-0.2, 0) is 44.7 Å². The second kappa shape index (κ2) is 12.3. The van der Waals surface area contributed by atoms with Crippen molar-refractivity contribution in [3.8, 4) is 11.1 Å². The number of rotatable bonds is 3. The van der Waals surface area contributed by atoms with Gasteiger partial charge < -0.3 is 24.8 Å². The molecule has 6 heteroatoms. The Morgan fingerprint density at radius 3 is 2.02 bits per heavy atom. The third-order valence-electron chi connectivity index (χ3n) is 8.33. The second-order valence-corrected chi connectivity index (χ2v) is 19.0. The van der Waals surface area contributed by atoms with E-state index in [1.54, 1.807) is 6.07 Å². The van der Waals surface area contributed by atoms with Crippen LogP contribution in [0.4, 0.5) is 13.2 Å². The smallest absolute Gasteiger partial charge is 1.00 e. The van der Waals surface area contributed by atoms with Gasteiger partial charge in [0.15, 0.2) is 0 Å². The summed E-state index contributed by atoms with van der Waals surface area (Å²) < 4.78 is 46.0. The number of benzene rings is 3. The molecule has 0 unspecified atom stereocenters. The van der Waals surface area contributed by atoms with Crippen molar-refractivity contribution in [1.82, 2.24) is 0 Å². The van der Waals surface area contributed by atoms with Gasteiger partial charge in [-0.05, 0) is 0 Å². The number of aryl methyl sites for hydroxylation is 1. The Bertz CT molecular complexity index is 1610. The normalized spacial score (nSPS) is 14.2. The van der Waals surface area contributed by atoms with Gasteiger partial charge in [0, 0.05) is 0 Å². The molecular weight excluding hydrogens is 652 g/mol. The molecule has 0 aliphatic heterocycles. The summed E-state index contributed by atoms with van der Waals surface area (Å²) in [5.74, 6) is 0. The number of hydrogen-bond donors (Lipinski definition) is 0. The van der Waals surface area contributed by atoms with Gasteiger partial charge in [0.05, 0.1) is 0 Å². The fraction of sp³-hybridized carbons (Fsp3) is 0.361. The molecule has 0 spiro atoms. The van der Waals surface area contributed by atoms with Crippen LogP contribution in [0.3, 0.4) is 0 Å². The van der Waals surface area contributed by atoms with Gasteiger partial charge in [-0.1, -0.05) is 0 Å². The van der Waals surface area contributed by atoms with Crippen molar-refractivity contribution in [3.63, 3.8) is 0 Å². The number of fused-ring (bicyclic) bond motifs is 3. The van der Waals surface area contributed by atoms with Gasteiger partial charge >= 0.3 is 246 Å². The molecule has 0 heterocycles. The van der Waals surface area contributed by atoms with Gasteiger partial charge in [-0.25, -0.2) is 0 Å². The summed E-state index contributed by atoms with van der Waals surface area (Å²) in [5, 5.41) is 0. The molecule has 0 N–H and O–H groups in total. The van der Waals surface area contributed by atoms with Crippen LogP contribution >= 0.6 is 0 Å². The fourth-order valence-electron chi connectivity index (χ4n) is 6.51. The standard InChI is InChI=1S/C23H29.C8H5F3.C5H5.2ClH.Zr/c1-14-9-16-11-17-10-15(2)21(23(6,7)8)13-19(17)18(16)12-20(14)22(3,4)5;1-6-3-2-4-7(5-6)8(9,10)11;1-2-4-5-3-1;;;/h9,12-13H,11H2,1-8H3;1-5H;1-3H,4H2;2*1H;/q;;;;;+2/p-2. The van der Waals surface area contributed by atoms with E-state index in [2.05, 4.69) is 95.5 Å². The van der Waals surface area contributed by atoms with E-state index in [1.807, 2.05) is 6.07 Å². The summed E-state index contributed by atoms with van der Waals surface area (Å²) in [6.45, 7) is 18.1. The first-order valence-corrected chi connectivity index (χ1v) is 18.0. The molecule has 0 nitrogen and oxygen atoms in total. The van der Waals surface area contributed by atoms with Crippen molar-refractivity contribution in [2.75, 3.05) is 0 Å². The number of alkyl halides is 3. The predicted octanol–water partition coefficient (Wildman–Crippen LogP) is 3.43. The first-order chi connectivity index (χ1) is 18.6. The molecule has 0 radical (unpaired) electrons. The zero-order valence-electron chi connectivity index (χ0n) is 25.7. The molecule has 42 heavy (non-hydrogen) atoms. The van der Waals surface area contributed by atoms with Crippen molar-refractivity contribution < 1.29 is 59.3 Å². The van der Waals surface area contributed by atoms with Gasteiger partial charge in [0.1, 0.15) is 0 Å². The summed E-state index contributed by atoms with van der Waals surface area (Å²) >= 11 is -2.80. The summed E-state index contributed by atoms with van der Waals surface area (Å²) in [6.07, 6.45) is 3.96. The molecule has 0 atom stereocenters. The van der Waals surface area contributed by atoms with Crippen LogP contribution in [0.1, 0.15) is 92.5 Å². The zero-order chi connectivity index (χ0) is 29.2. The molecule has 222 valence electrons. The Morgan fingerprint density at radius 1 is 0.810 bits per heavy atom. The number of halogens is 5. The topological polar surface area (TPSA) is 0 Å². The monoisotopic (exact) mass is 688 g/mol. The quantitative estimate of drug-likeness (QED) is 0.310. The maximum atomic E-state index is 13.6. The Balaban J connectivity index is 0.00000242. The van der Waals surface area contributed by atoms with Crippen molar-refractivity contribution in [1.29, 1.82) is 0 Å². The van der Waals surface area contributed by atoms with Crippen LogP contribution < -0.4 is 28.1 Å². The first kappa shape index (κ1) is 34.7. The Kier molecular flexibility index (Phi) is 10.2.